The molecule has 1 N–H and O–H groups in total. The SMILES string of the molecule is COc1ccc(NS(=O)(=O)c2cc(Br)cc3c2N(C(=O)C2CC2)CC3)c(OC)c1. The van der Waals surface area contributed by atoms with E-state index in [1.807, 2.05) is 6.07 Å². The third-order valence-corrected chi connectivity index (χ3v) is 6.97. The molecule has 0 spiro atoms. The Balaban J connectivity index is 1.75. The number of rotatable bonds is 6. The number of amides is 1. The summed E-state index contributed by atoms with van der Waals surface area (Å²) in [6.07, 6.45) is 2.36. The minimum absolute atomic E-state index is 0.00421. The largest absolute Gasteiger partial charge is 0.497 e. The maximum Gasteiger partial charge on any atom is 0.264 e. The minimum atomic E-state index is -3.98. The van der Waals surface area contributed by atoms with Crippen LogP contribution in [0.5, 0.6) is 11.5 Å². The standard InChI is InChI=1S/C20H21BrN2O5S/c1-27-15-5-6-16(17(11-15)28-2)22-29(25,26)18-10-14(21)9-13-7-8-23(19(13)18)20(24)12-3-4-12/h5-6,9-12,22H,3-4,7-8H2,1-2H3. The molecule has 1 amide bonds. The number of nitrogens with one attached hydrogen (secondary N) is 1. The second-order valence-corrected chi connectivity index (χ2v) is 9.66. The number of methoxy groups -OCH3 is 2. The van der Waals surface area contributed by atoms with Crippen LogP contribution < -0.4 is 19.1 Å². The van der Waals surface area contributed by atoms with Crippen LogP contribution in [0.2, 0.25) is 0 Å². The van der Waals surface area contributed by atoms with Gasteiger partial charge in [-0.25, -0.2) is 8.42 Å². The van der Waals surface area contributed by atoms with Crippen LogP contribution in [0.15, 0.2) is 39.7 Å². The molecule has 1 saturated carbocycles. The first-order valence-corrected chi connectivity index (χ1v) is 11.5. The van der Waals surface area contributed by atoms with Crippen molar-refractivity contribution in [2.24, 2.45) is 5.92 Å². The van der Waals surface area contributed by atoms with Crippen molar-refractivity contribution in [3.05, 3.63) is 40.4 Å². The van der Waals surface area contributed by atoms with E-state index in [9.17, 15) is 13.2 Å². The van der Waals surface area contributed by atoms with E-state index in [1.165, 1.54) is 20.3 Å². The molecule has 0 unspecified atom stereocenters. The molecule has 29 heavy (non-hydrogen) atoms. The smallest absolute Gasteiger partial charge is 0.264 e. The molecule has 0 bridgehead atoms. The van der Waals surface area contributed by atoms with Crippen LogP contribution in [0.3, 0.4) is 0 Å². The van der Waals surface area contributed by atoms with Crippen LogP contribution in [0, 0.1) is 5.92 Å². The van der Waals surface area contributed by atoms with Gasteiger partial charge in [0.2, 0.25) is 5.91 Å². The Kier molecular flexibility index (Phi) is 5.20. The average Bonchev–Trinajstić information content (AvgIpc) is 3.46. The summed E-state index contributed by atoms with van der Waals surface area (Å²) in [6, 6.07) is 8.25. The Labute approximate surface area is 178 Å². The van der Waals surface area contributed by atoms with Crippen molar-refractivity contribution >= 4 is 43.2 Å². The molecule has 1 aliphatic carbocycles. The summed E-state index contributed by atoms with van der Waals surface area (Å²) in [6.45, 7) is 0.496. The maximum atomic E-state index is 13.3. The molecule has 2 aromatic rings. The van der Waals surface area contributed by atoms with Gasteiger partial charge in [0.15, 0.2) is 0 Å². The number of ether oxygens (including phenoxy) is 2. The molecular weight excluding hydrogens is 460 g/mol. The number of hydrogen-bond donors (Lipinski definition) is 1. The third kappa shape index (κ3) is 3.81. The average molecular weight is 481 g/mol. The monoisotopic (exact) mass is 480 g/mol. The van der Waals surface area contributed by atoms with Gasteiger partial charge in [-0.3, -0.25) is 9.52 Å². The topological polar surface area (TPSA) is 84.9 Å². The molecule has 154 valence electrons. The molecule has 0 radical (unpaired) electrons. The zero-order chi connectivity index (χ0) is 20.8. The fourth-order valence-corrected chi connectivity index (χ4v) is 5.53. The zero-order valence-corrected chi connectivity index (χ0v) is 18.5. The summed E-state index contributed by atoms with van der Waals surface area (Å²) in [5.74, 6) is 0.902. The minimum Gasteiger partial charge on any atom is -0.497 e. The Morgan fingerprint density at radius 3 is 2.59 bits per heavy atom. The lowest BCUT2D eigenvalue weighted by molar-refractivity contribution is -0.119. The number of sulfonamides is 1. The molecule has 0 aromatic heterocycles. The molecule has 1 aliphatic heterocycles. The maximum absolute atomic E-state index is 13.3. The molecule has 1 fully saturated rings. The number of fused-ring (bicyclic) bond motifs is 1. The van der Waals surface area contributed by atoms with Crippen LogP contribution in [0.4, 0.5) is 11.4 Å². The summed E-state index contributed by atoms with van der Waals surface area (Å²) in [7, 11) is -0.999. The zero-order valence-electron chi connectivity index (χ0n) is 16.1. The van der Waals surface area contributed by atoms with Crippen molar-refractivity contribution in [3.8, 4) is 11.5 Å². The number of anilines is 2. The Morgan fingerprint density at radius 2 is 1.93 bits per heavy atom. The first kappa shape index (κ1) is 20.0. The van der Waals surface area contributed by atoms with E-state index in [-0.39, 0.29) is 16.7 Å². The van der Waals surface area contributed by atoms with Crippen LogP contribution in [-0.2, 0) is 21.2 Å². The lowest BCUT2D eigenvalue weighted by Crippen LogP contribution is -2.31. The highest BCUT2D eigenvalue weighted by atomic mass is 79.9. The van der Waals surface area contributed by atoms with Gasteiger partial charge >= 0.3 is 0 Å². The van der Waals surface area contributed by atoms with Gasteiger partial charge in [0.1, 0.15) is 16.4 Å². The Bertz CT molecular complexity index is 1080. The molecule has 0 atom stereocenters. The Morgan fingerprint density at radius 1 is 1.17 bits per heavy atom. The summed E-state index contributed by atoms with van der Waals surface area (Å²) in [5.41, 5.74) is 1.61. The number of carbonyl (C=O) groups is 1. The first-order valence-electron chi connectivity index (χ1n) is 9.22. The van der Waals surface area contributed by atoms with Crippen LogP contribution in [0.25, 0.3) is 0 Å². The highest BCUT2D eigenvalue weighted by Gasteiger charge is 2.39. The van der Waals surface area contributed by atoms with E-state index in [4.69, 9.17) is 9.47 Å². The normalized spacial score (nSPS) is 15.8. The van der Waals surface area contributed by atoms with Crippen molar-refractivity contribution < 1.29 is 22.7 Å². The van der Waals surface area contributed by atoms with Gasteiger partial charge in [0, 0.05) is 23.0 Å². The third-order valence-electron chi connectivity index (χ3n) is 5.13. The lowest BCUT2D eigenvalue weighted by atomic mass is 10.2. The number of hydrogen-bond acceptors (Lipinski definition) is 5. The van der Waals surface area contributed by atoms with E-state index >= 15 is 0 Å². The number of carbonyl (C=O) groups excluding carboxylic acids is 1. The molecular formula is C20H21BrN2O5S. The fraction of sp³-hybridized carbons (Fsp3) is 0.350. The second kappa shape index (κ2) is 7.53. The quantitative estimate of drug-likeness (QED) is 0.682. The van der Waals surface area contributed by atoms with Gasteiger partial charge in [-0.2, -0.15) is 0 Å². The van der Waals surface area contributed by atoms with E-state index in [1.54, 1.807) is 23.1 Å². The van der Waals surface area contributed by atoms with E-state index < -0.39 is 10.0 Å². The summed E-state index contributed by atoms with van der Waals surface area (Å²) >= 11 is 3.40. The lowest BCUT2D eigenvalue weighted by Gasteiger charge is -2.21. The van der Waals surface area contributed by atoms with Crippen molar-refractivity contribution in [1.29, 1.82) is 0 Å². The molecule has 0 saturated heterocycles. The van der Waals surface area contributed by atoms with Gasteiger partial charge in [0.05, 0.1) is 25.6 Å². The summed E-state index contributed by atoms with van der Waals surface area (Å²) < 4.78 is 40.4. The van der Waals surface area contributed by atoms with Gasteiger partial charge in [-0.05, 0) is 49.1 Å². The van der Waals surface area contributed by atoms with Crippen molar-refractivity contribution in [2.45, 2.75) is 24.2 Å². The van der Waals surface area contributed by atoms with Gasteiger partial charge in [-0.15, -0.1) is 0 Å². The molecule has 2 aliphatic rings. The fourth-order valence-electron chi connectivity index (χ4n) is 3.53. The van der Waals surface area contributed by atoms with Crippen LogP contribution >= 0.6 is 15.9 Å². The van der Waals surface area contributed by atoms with Crippen LogP contribution in [0.1, 0.15) is 18.4 Å². The van der Waals surface area contributed by atoms with Crippen molar-refractivity contribution in [3.63, 3.8) is 0 Å². The molecule has 9 heteroatoms. The molecule has 7 nitrogen and oxygen atoms in total. The summed E-state index contributed by atoms with van der Waals surface area (Å²) in [4.78, 5) is 14.4. The number of benzene rings is 2. The molecule has 1 heterocycles. The van der Waals surface area contributed by atoms with Gasteiger partial charge < -0.3 is 14.4 Å². The van der Waals surface area contributed by atoms with Crippen molar-refractivity contribution in [1.82, 2.24) is 0 Å². The second-order valence-electron chi connectivity index (χ2n) is 7.10. The van der Waals surface area contributed by atoms with Crippen molar-refractivity contribution in [2.75, 3.05) is 30.4 Å². The van der Waals surface area contributed by atoms with E-state index in [2.05, 4.69) is 20.7 Å². The predicted molar refractivity (Wildman–Crippen MR) is 113 cm³/mol. The molecule has 4 rings (SSSR count). The van der Waals surface area contributed by atoms with E-state index in [0.717, 1.165) is 18.4 Å². The first-order chi connectivity index (χ1) is 13.8. The van der Waals surface area contributed by atoms with Gasteiger partial charge in [-0.1, -0.05) is 15.9 Å². The van der Waals surface area contributed by atoms with E-state index in [0.29, 0.717) is 40.3 Å². The Hall–Kier alpha value is -2.26. The predicted octanol–water partition coefficient (Wildman–Crippen LogP) is 3.57. The molecule has 2 aromatic carbocycles. The highest BCUT2D eigenvalue weighted by Crippen LogP contribution is 2.42. The summed E-state index contributed by atoms with van der Waals surface area (Å²) in [5, 5.41) is 0. The highest BCUT2D eigenvalue weighted by molar-refractivity contribution is 9.10. The number of halogens is 1. The van der Waals surface area contributed by atoms with Gasteiger partial charge in [0.25, 0.3) is 10.0 Å². The number of nitrogens with zero attached hydrogens (tertiary/aromatic N) is 1. The van der Waals surface area contributed by atoms with Crippen LogP contribution in [-0.4, -0.2) is 35.1 Å².